The van der Waals surface area contributed by atoms with E-state index in [1.165, 1.54) is 0 Å². The van der Waals surface area contributed by atoms with Gasteiger partial charge in [0.25, 0.3) is 0 Å². The molecule has 24 heavy (non-hydrogen) atoms. The van der Waals surface area contributed by atoms with Crippen LogP contribution in [0.15, 0.2) is 48.5 Å². The maximum absolute atomic E-state index is 12.2. The Kier molecular flexibility index (Phi) is 4.64. The number of nitrogens with two attached hydrogens (primary N) is 1. The lowest BCUT2D eigenvalue weighted by Gasteiger charge is -2.22. The van der Waals surface area contributed by atoms with Gasteiger partial charge in [0, 0.05) is 6.54 Å². The molecule has 1 saturated carbocycles. The molecule has 0 aromatic heterocycles. The predicted molar refractivity (Wildman–Crippen MR) is 93.8 cm³/mol. The van der Waals surface area contributed by atoms with Crippen LogP contribution in [-0.4, -0.2) is 11.4 Å². The zero-order chi connectivity index (χ0) is 17.0. The first kappa shape index (κ1) is 16.2. The summed E-state index contributed by atoms with van der Waals surface area (Å²) in [6.07, 6.45) is 3.58. The van der Waals surface area contributed by atoms with Crippen molar-refractivity contribution in [1.82, 2.24) is 5.32 Å². The third-order valence-electron chi connectivity index (χ3n) is 4.71. The second kappa shape index (κ2) is 6.86. The Morgan fingerprint density at radius 3 is 2.46 bits per heavy atom. The van der Waals surface area contributed by atoms with E-state index in [-0.39, 0.29) is 5.91 Å². The number of hydrogen-bond donors (Lipinski definition) is 2. The molecule has 122 valence electrons. The van der Waals surface area contributed by atoms with Crippen LogP contribution in [-0.2, 0) is 11.3 Å². The van der Waals surface area contributed by atoms with E-state index < -0.39 is 5.54 Å². The molecule has 4 nitrogen and oxygen atoms in total. The third kappa shape index (κ3) is 3.32. The summed E-state index contributed by atoms with van der Waals surface area (Å²) in [4.78, 5) is 12.2. The van der Waals surface area contributed by atoms with Gasteiger partial charge in [0.2, 0.25) is 5.91 Å². The minimum absolute atomic E-state index is 0.0566. The highest BCUT2D eigenvalue weighted by molar-refractivity contribution is 5.86. The summed E-state index contributed by atoms with van der Waals surface area (Å²) >= 11 is 0. The van der Waals surface area contributed by atoms with Crippen LogP contribution in [0.1, 0.15) is 36.8 Å². The van der Waals surface area contributed by atoms with Crippen LogP contribution in [0.3, 0.4) is 0 Å². The Labute approximate surface area is 142 Å². The smallest absolute Gasteiger partial charge is 0.240 e. The predicted octanol–water partition coefficient (Wildman–Crippen LogP) is 3.11. The summed E-state index contributed by atoms with van der Waals surface area (Å²) in [7, 11) is 0. The zero-order valence-corrected chi connectivity index (χ0v) is 13.6. The first-order valence-corrected chi connectivity index (χ1v) is 8.28. The molecule has 0 bridgehead atoms. The molecule has 3 N–H and O–H groups in total. The number of amides is 1. The summed E-state index contributed by atoms with van der Waals surface area (Å²) in [5, 5.41) is 12.1. The van der Waals surface area contributed by atoms with E-state index in [1.807, 2.05) is 48.5 Å². The molecular weight excluding hydrogens is 298 g/mol. The highest BCUT2D eigenvalue weighted by Gasteiger charge is 2.36. The minimum Gasteiger partial charge on any atom is -0.350 e. The second-order valence-electron chi connectivity index (χ2n) is 6.40. The highest BCUT2D eigenvalue weighted by Crippen LogP contribution is 2.27. The molecule has 0 atom stereocenters. The van der Waals surface area contributed by atoms with Crippen LogP contribution in [0.2, 0.25) is 0 Å². The van der Waals surface area contributed by atoms with Crippen LogP contribution in [0.5, 0.6) is 0 Å². The van der Waals surface area contributed by atoms with E-state index in [0.717, 1.165) is 42.4 Å². The summed E-state index contributed by atoms with van der Waals surface area (Å²) in [5.74, 6) is -0.0566. The number of nitrogens with zero attached hydrogens (tertiary/aromatic N) is 1. The van der Waals surface area contributed by atoms with Gasteiger partial charge in [0.15, 0.2) is 0 Å². The van der Waals surface area contributed by atoms with Gasteiger partial charge in [-0.2, -0.15) is 5.26 Å². The number of carbonyl (C=O) groups excluding carboxylic acids is 1. The van der Waals surface area contributed by atoms with Gasteiger partial charge in [-0.1, -0.05) is 55.3 Å². The lowest BCUT2D eigenvalue weighted by molar-refractivity contribution is -0.126. The standard InChI is InChI=1S/C20H21N3O/c21-13-17-5-1-2-6-18(17)16-9-7-15(8-10-16)14-23-19(24)20(22)11-3-4-12-20/h1-2,5-10H,3-4,11-12,14,22H2,(H,23,24). The molecule has 2 aromatic rings. The molecule has 0 saturated heterocycles. The van der Waals surface area contributed by atoms with Gasteiger partial charge in [0.1, 0.15) is 0 Å². The molecule has 3 rings (SSSR count). The second-order valence-corrected chi connectivity index (χ2v) is 6.40. The van der Waals surface area contributed by atoms with E-state index in [1.54, 1.807) is 0 Å². The van der Waals surface area contributed by atoms with Gasteiger partial charge >= 0.3 is 0 Å². The van der Waals surface area contributed by atoms with Crippen molar-refractivity contribution in [3.05, 3.63) is 59.7 Å². The van der Waals surface area contributed by atoms with Crippen molar-refractivity contribution < 1.29 is 4.79 Å². The number of benzene rings is 2. The van der Waals surface area contributed by atoms with Crippen molar-refractivity contribution >= 4 is 5.91 Å². The first-order chi connectivity index (χ1) is 11.6. The fourth-order valence-corrected chi connectivity index (χ4v) is 3.23. The Balaban J connectivity index is 1.67. The van der Waals surface area contributed by atoms with Gasteiger partial charge in [0.05, 0.1) is 17.2 Å². The van der Waals surface area contributed by atoms with Crippen molar-refractivity contribution in [1.29, 1.82) is 5.26 Å². The topological polar surface area (TPSA) is 78.9 Å². The maximum atomic E-state index is 12.2. The minimum atomic E-state index is -0.689. The normalized spacial score (nSPS) is 15.7. The largest absolute Gasteiger partial charge is 0.350 e. The average Bonchev–Trinajstić information content (AvgIpc) is 3.08. The Morgan fingerprint density at radius 2 is 1.79 bits per heavy atom. The summed E-state index contributed by atoms with van der Waals surface area (Å²) < 4.78 is 0. The van der Waals surface area contributed by atoms with Crippen LogP contribution in [0.4, 0.5) is 0 Å². The van der Waals surface area contributed by atoms with E-state index in [2.05, 4.69) is 11.4 Å². The van der Waals surface area contributed by atoms with Crippen LogP contribution in [0.25, 0.3) is 11.1 Å². The molecule has 1 aliphatic carbocycles. The molecule has 0 radical (unpaired) electrons. The highest BCUT2D eigenvalue weighted by atomic mass is 16.2. The molecule has 1 amide bonds. The molecule has 2 aromatic carbocycles. The summed E-state index contributed by atoms with van der Waals surface area (Å²) in [6.45, 7) is 0.470. The van der Waals surface area contributed by atoms with Crippen molar-refractivity contribution in [2.75, 3.05) is 0 Å². The quantitative estimate of drug-likeness (QED) is 0.909. The van der Waals surface area contributed by atoms with E-state index in [9.17, 15) is 10.1 Å². The molecule has 0 aliphatic heterocycles. The van der Waals surface area contributed by atoms with Crippen molar-refractivity contribution in [2.24, 2.45) is 5.73 Å². The lowest BCUT2D eigenvalue weighted by Crippen LogP contribution is -2.51. The van der Waals surface area contributed by atoms with Gasteiger partial charge in [-0.3, -0.25) is 4.79 Å². The van der Waals surface area contributed by atoms with Crippen molar-refractivity contribution in [2.45, 2.75) is 37.8 Å². The number of rotatable bonds is 4. The number of nitrogens with one attached hydrogen (secondary N) is 1. The van der Waals surface area contributed by atoms with Crippen molar-refractivity contribution in [3.63, 3.8) is 0 Å². The van der Waals surface area contributed by atoms with Gasteiger partial charge in [-0.05, 0) is 35.6 Å². The van der Waals surface area contributed by atoms with E-state index >= 15 is 0 Å². The molecule has 1 fully saturated rings. The molecular formula is C20H21N3O. The summed E-state index contributed by atoms with van der Waals surface area (Å²) in [5.41, 5.74) is 9.05. The number of hydrogen-bond acceptors (Lipinski definition) is 3. The fraction of sp³-hybridized carbons (Fsp3) is 0.300. The van der Waals surface area contributed by atoms with Crippen molar-refractivity contribution in [3.8, 4) is 17.2 Å². The van der Waals surface area contributed by atoms with E-state index in [0.29, 0.717) is 12.1 Å². The Morgan fingerprint density at radius 1 is 1.12 bits per heavy atom. The van der Waals surface area contributed by atoms with Crippen LogP contribution in [0, 0.1) is 11.3 Å². The zero-order valence-electron chi connectivity index (χ0n) is 13.6. The lowest BCUT2D eigenvalue weighted by atomic mass is 9.97. The third-order valence-corrected chi connectivity index (χ3v) is 4.71. The van der Waals surface area contributed by atoms with Gasteiger partial charge in [-0.25, -0.2) is 0 Å². The van der Waals surface area contributed by atoms with Crippen LogP contribution < -0.4 is 11.1 Å². The maximum Gasteiger partial charge on any atom is 0.240 e. The average molecular weight is 319 g/mol. The first-order valence-electron chi connectivity index (χ1n) is 8.28. The molecule has 1 aliphatic rings. The summed E-state index contributed by atoms with van der Waals surface area (Å²) in [6, 6.07) is 17.6. The molecule has 0 unspecified atom stereocenters. The van der Waals surface area contributed by atoms with Crippen LogP contribution >= 0.6 is 0 Å². The molecule has 4 heteroatoms. The fourth-order valence-electron chi connectivity index (χ4n) is 3.23. The Hall–Kier alpha value is -2.64. The molecule has 0 heterocycles. The van der Waals surface area contributed by atoms with E-state index in [4.69, 9.17) is 5.73 Å². The molecule has 0 spiro atoms. The SMILES string of the molecule is N#Cc1ccccc1-c1ccc(CNC(=O)C2(N)CCCC2)cc1. The number of nitriles is 1. The number of carbonyl (C=O) groups is 1. The van der Waals surface area contributed by atoms with Gasteiger partial charge < -0.3 is 11.1 Å². The van der Waals surface area contributed by atoms with Gasteiger partial charge in [-0.15, -0.1) is 0 Å². The monoisotopic (exact) mass is 319 g/mol. The Bertz CT molecular complexity index is 768.